The van der Waals surface area contributed by atoms with E-state index in [1.165, 1.54) is 6.08 Å². The lowest BCUT2D eigenvalue weighted by molar-refractivity contribution is -0.115. The summed E-state index contributed by atoms with van der Waals surface area (Å²) in [5, 5.41) is 2.69. The van der Waals surface area contributed by atoms with Crippen LogP contribution < -0.4 is 5.32 Å². The van der Waals surface area contributed by atoms with Gasteiger partial charge < -0.3 is 5.32 Å². The molecule has 1 aromatic carbocycles. The molecular formula is C10H10NO. The molecule has 0 bridgehead atoms. The van der Waals surface area contributed by atoms with Crippen LogP contribution in [0.5, 0.6) is 0 Å². The minimum atomic E-state index is -0.0938. The van der Waals surface area contributed by atoms with E-state index < -0.39 is 0 Å². The summed E-state index contributed by atoms with van der Waals surface area (Å²) < 4.78 is 0. The van der Waals surface area contributed by atoms with Crippen molar-refractivity contribution >= 4 is 11.6 Å². The van der Waals surface area contributed by atoms with E-state index in [-0.39, 0.29) is 12.3 Å². The molecular weight excluding hydrogens is 150 g/mol. The quantitative estimate of drug-likeness (QED) is 0.720. The Kier molecular flexibility index (Phi) is 3.08. The van der Waals surface area contributed by atoms with E-state index in [2.05, 4.69) is 5.32 Å². The van der Waals surface area contributed by atoms with Crippen LogP contribution in [0.3, 0.4) is 0 Å². The van der Waals surface area contributed by atoms with Crippen LogP contribution in [0.4, 0.5) is 5.69 Å². The number of para-hydroxylation sites is 1. The third kappa shape index (κ3) is 2.58. The highest BCUT2D eigenvalue weighted by molar-refractivity contribution is 5.91. The van der Waals surface area contributed by atoms with E-state index >= 15 is 0 Å². The van der Waals surface area contributed by atoms with Gasteiger partial charge in [-0.2, -0.15) is 0 Å². The van der Waals surface area contributed by atoms with Crippen LogP contribution >= 0.6 is 0 Å². The molecule has 0 aliphatic heterocycles. The van der Waals surface area contributed by atoms with E-state index in [0.29, 0.717) is 0 Å². The molecule has 1 rings (SSSR count). The summed E-state index contributed by atoms with van der Waals surface area (Å²) in [6.45, 7) is 5.10. The van der Waals surface area contributed by atoms with Gasteiger partial charge in [0.25, 0.3) is 0 Å². The smallest absolute Gasteiger partial charge is 0.228 e. The summed E-state index contributed by atoms with van der Waals surface area (Å²) in [5.41, 5.74) is 0.796. The molecule has 12 heavy (non-hydrogen) atoms. The molecule has 1 radical (unpaired) electrons. The number of carbonyl (C=O) groups is 1. The largest absolute Gasteiger partial charge is 0.326 e. The highest BCUT2D eigenvalue weighted by Gasteiger charge is 1.96. The van der Waals surface area contributed by atoms with Crippen LogP contribution in [0.25, 0.3) is 0 Å². The monoisotopic (exact) mass is 160 g/mol. The zero-order valence-corrected chi connectivity index (χ0v) is 6.66. The first-order chi connectivity index (χ1) is 5.83. The minimum absolute atomic E-state index is 0.0938. The van der Waals surface area contributed by atoms with Crippen LogP contribution in [0.2, 0.25) is 0 Å². The lowest BCUT2D eigenvalue weighted by Crippen LogP contribution is -2.09. The molecule has 0 saturated carbocycles. The fourth-order valence-electron chi connectivity index (χ4n) is 0.841. The SMILES string of the molecule is [CH]=CCC(=O)Nc1ccccc1. The molecule has 0 atom stereocenters. The fraction of sp³-hybridized carbons (Fsp3) is 0.100. The van der Waals surface area contributed by atoms with Gasteiger partial charge in [-0.25, -0.2) is 0 Å². The van der Waals surface area contributed by atoms with E-state index in [4.69, 9.17) is 6.58 Å². The van der Waals surface area contributed by atoms with E-state index in [1.807, 2.05) is 30.3 Å². The van der Waals surface area contributed by atoms with Crippen molar-refractivity contribution in [2.45, 2.75) is 6.42 Å². The summed E-state index contributed by atoms with van der Waals surface area (Å²) in [5.74, 6) is -0.0938. The van der Waals surface area contributed by atoms with Gasteiger partial charge in [0.05, 0.1) is 0 Å². The predicted molar refractivity (Wildman–Crippen MR) is 48.6 cm³/mol. The van der Waals surface area contributed by atoms with Gasteiger partial charge in [-0.3, -0.25) is 4.79 Å². The number of rotatable bonds is 3. The number of hydrogen-bond donors (Lipinski definition) is 1. The van der Waals surface area contributed by atoms with Crippen molar-refractivity contribution in [3.05, 3.63) is 43.0 Å². The second-order valence-electron chi connectivity index (χ2n) is 2.35. The normalized spacial score (nSPS) is 9.00. The van der Waals surface area contributed by atoms with Gasteiger partial charge in [0, 0.05) is 12.1 Å². The molecule has 0 aliphatic carbocycles. The molecule has 0 heterocycles. The maximum atomic E-state index is 11.0. The zero-order valence-electron chi connectivity index (χ0n) is 6.66. The summed E-state index contributed by atoms with van der Waals surface area (Å²) in [6.07, 6.45) is 1.58. The average Bonchev–Trinajstić information content (AvgIpc) is 2.06. The molecule has 0 unspecified atom stereocenters. The highest BCUT2D eigenvalue weighted by Crippen LogP contribution is 2.04. The first-order valence-electron chi connectivity index (χ1n) is 3.71. The number of amides is 1. The fourth-order valence-corrected chi connectivity index (χ4v) is 0.841. The molecule has 61 valence electrons. The molecule has 0 spiro atoms. The standard InChI is InChI=1S/C10H10NO/c1-2-6-10(12)11-9-7-4-3-5-8-9/h1-5,7-8H,6H2,(H,11,12). The maximum absolute atomic E-state index is 11.0. The van der Waals surface area contributed by atoms with Crippen molar-refractivity contribution in [3.8, 4) is 0 Å². The minimum Gasteiger partial charge on any atom is -0.326 e. The molecule has 0 aliphatic rings. The first kappa shape index (κ1) is 8.53. The van der Waals surface area contributed by atoms with Crippen LogP contribution in [0.15, 0.2) is 36.4 Å². The van der Waals surface area contributed by atoms with Crippen LogP contribution in [-0.4, -0.2) is 5.91 Å². The van der Waals surface area contributed by atoms with Gasteiger partial charge in [0.1, 0.15) is 0 Å². The van der Waals surface area contributed by atoms with Gasteiger partial charge in [0.2, 0.25) is 5.91 Å². The van der Waals surface area contributed by atoms with Crippen molar-refractivity contribution in [1.82, 2.24) is 0 Å². The van der Waals surface area contributed by atoms with Gasteiger partial charge >= 0.3 is 0 Å². The Hall–Kier alpha value is -1.57. The van der Waals surface area contributed by atoms with E-state index in [1.54, 1.807) is 0 Å². The van der Waals surface area contributed by atoms with Crippen molar-refractivity contribution in [3.63, 3.8) is 0 Å². The van der Waals surface area contributed by atoms with Crippen molar-refractivity contribution in [2.75, 3.05) is 5.32 Å². The predicted octanol–water partition coefficient (Wildman–Crippen LogP) is 2.00. The Labute approximate surface area is 71.9 Å². The third-order valence-electron chi connectivity index (χ3n) is 1.36. The van der Waals surface area contributed by atoms with Gasteiger partial charge in [-0.15, -0.1) is 0 Å². The molecule has 0 saturated heterocycles. The molecule has 1 amide bonds. The summed E-state index contributed by atoms with van der Waals surface area (Å²) in [7, 11) is 0. The lowest BCUT2D eigenvalue weighted by Gasteiger charge is -2.01. The van der Waals surface area contributed by atoms with E-state index in [0.717, 1.165) is 5.69 Å². The molecule has 2 nitrogen and oxygen atoms in total. The number of hydrogen-bond acceptors (Lipinski definition) is 1. The maximum Gasteiger partial charge on any atom is 0.228 e. The average molecular weight is 160 g/mol. The number of nitrogens with one attached hydrogen (secondary N) is 1. The molecule has 0 fully saturated rings. The van der Waals surface area contributed by atoms with Crippen molar-refractivity contribution in [2.24, 2.45) is 0 Å². The zero-order chi connectivity index (χ0) is 8.81. The summed E-state index contributed by atoms with van der Waals surface area (Å²) in [6, 6.07) is 9.27. The van der Waals surface area contributed by atoms with Crippen molar-refractivity contribution in [1.29, 1.82) is 0 Å². The van der Waals surface area contributed by atoms with Gasteiger partial charge in [-0.1, -0.05) is 30.9 Å². The Balaban J connectivity index is 2.52. The molecule has 1 N–H and O–H groups in total. The van der Waals surface area contributed by atoms with Crippen LogP contribution in [0, 0.1) is 6.58 Å². The van der Waals surface area contributed by atoms with E-state index in [9.17, 15) is 4.79 Å². The van der Waals surface area contributed by atoms with Crippen molar-refractivity contribution < 1.29 is 4.79 Å². The second kappa shape index (κ2) is 4.34. The number of benzene rings is 1. The van der Waals surface area contributed by atoms with Gasteiger partial charge in [-0.05, 0) is 12.1 Å². The first-order valence-corrected chi connectivity index (χ1v) is 3.71. The second-order valence-corrected chi connectivity index (χ2v) is 2.35. The highest BCUT2D eigenvalue weighted by atomic mass is 16.1. The number of carbonyl (C=O) groups excluding carboxylic acids is 1. The topological polar surface area (TPSA) is 29.1 Å². The summed E-state index contributed by atoms with van der Waals surface area (Å²) in [4.78, 5) is 11.0. The molecule has 2 heteroatoms. The van der Waals surface area contributed by atoms with Gasteiger partial charge in [0.15, 0.2) is 0 Å². The number of anilines is 1. The molecule has 1 aromatic rings. The van der Waals surface area contributed by atoms with Crippen LogP contribution in [-0.2, 0) is 4.79 Å². The Morgan fingerprint density at radius 1 is 1.42 bits per heavy atom. The third-order valence-corrected chi connectivity index (χ3v) is 1.36. The Morgan fingerprint density at radius 3 is 2.67 bits per heavy atom. The Bertz CT molecular complexity index is 266. The molecule has 0 aromatic heterocycles. The lowest BCUT2D eigenvalue weighted by atomic mass is 10.3. The Morgan fingerprint density at radius 2 is 2.08 bits per heavy atom. The summed E-state index contributed by atoms with van der Waals surface area (Å²) >= 11 is 0. The van der Waals surface area contributed by atoms with Crippen LogP contribution in [0.1, 0.15) is 6.42 Å².